The summed E-state index contributed by atoms with van der Waals surface area (Å²) in [5.41, 5.74) is 1.15. The Morgan fingerprint density at radius 2 is 1.86 bits per heavy atom. The third kappa shape index (κ3) is 3.42. The van der Waals surface area contributed by atoms with E-state index in [0.717, 1.165) is 12.8 Å². The Morgan fingerprint density at radius 1 is 1.24 bits per heavy atom. The number of rotatable bonds is 4. The Balaban J connectivity index is 2.13. The van der Waals surface area contributed by atoms with Crippen molar-refractivity contribution in [1.29, 1.82) is 0 Å². The number of aliphatic hydroxyl groups is 1. The summed E-state index contributed by atoms with van der Waals surface area (Å²) in [4.78, 5) is 27.3. The van der Waals surface area contributed by atoms with Crippen LogP contribution in [0.25, 0.3) is 0 Å². The average molecular weight is 290 g/mol. The fraction of sp³-hybridized carbons (Fsp3) is 0.500. The summed E-state index contributed by atoms with van der Waals surface area (Å²) in [5.74, 6) is 0.159. The third-order valence-corrected chi connectivity index (χ3v) is 4.06. The first-order chi connectivity index (χ1) is 9.90. The second-order valence-corrected chi connectivity index (χ2v) is 5.77. The topological polar surface area (TPSA) is 60.9 Å². The van der Waals surface area contributed by atoms with Crippen LogP contribution in [0.4, 0.5) is 5.69 Å². The molecule has 1 aromatic carbocycles. The van der Waals surface area contributed by atoms with Gasteiger partial charge in [-0.05, 0) is 30.9 Å². The first-order valence-corrected chi connectivity index (χ1v) is 7.17. The number of carbonyl (C=O) groups excluding carboxylic acids is 2. The highest BCUT2D eigenvalue weighted by atomic mass is 16.3. The van der Waals surface area contributed by atoms with Crippen LogP contribution in [-0.2, 0) is 4.79 Å². The Morgan fingerprint density at radius 3 is 2.43 bits per heavy atom. The van der Waals surface area contributed by atoms with Gasteiger partial charge in [-0.15, -0.1) is 0 Å². The maximum Gasteiger partial charge on any atom is 0.255 e. The van der Waals surface area contributed by atoms with Gasteiger partial charge in [0.05, 0.1) is 17.4 Å². The van der Waals surface area contributed by atoms with Crippen molar-refractivity contribution in [3.63, 3.8) is 0 Å². The van der Waals surface area contributed by atoms with E-state index in [0.29, 0.717) is 23.7 Å². The van der Waals surface area contributed by atoms with E-state index >= 15 is 0 Å². The average Bonchev–Trinajstić information content (AvgIpc) is 2.43. The highest BCUT2D eigenvalue weighted by molar-refractivity contribution is 6.04. The van der Waals surface area contributed by atoms with Crippen molar-refractivity contribution in [2.75, 3.05) is 25.5 Å². The smallest absolute Gasteiger partial charge is 0.255 e. The summed E-state index contributed by atoms with van der Waals surface area (Å²) < 4.78 is 0. The second-order valence-electron chi connectivity index (χ2n) is 5.77. The molecule has 1 aromatic rings. The maximum atomic E-state index is 12.6. The van der Waals surface area contributed by atoms with Crippen molar-refractivity contribution >= 4 is 17.5 Å². The van der Waals surface area contributed by atoms with E-state index in [1.165, 1.54) is 11.8 Å². The number of hydrogen-bond acceptors (Lipinski definition) is 3. The molecule has 114 valence electrons. The lowest BCUT2D eigenvalue weighted by atomic mass is 9.82. The van der Waals surface area contributed by atoms with Crippen LogP contribution < -0.4 is 4.90 Å². The highest BCUT2D eigenvalue weighted by Gasteiger charge is 2.30. The Bertz CT molecular complexity index is 538. The molecule has 0 saturated heterocycles. The lowest BCUT2D eigenvalue weighted by Crippen LogP contribution is -2.40. The predicted molar refractivity (Wildman–Crippen MR) is 81.2 cm³/mol. The first-order valence-electron chi connectivity index (χ1n) is 7.17. The fourth-order valence-corrected chi connectivity index (χ4v) is 2.64. The predicted octanol–water partition coefficient (Wildman–Crippen LogP) is 1.51. The lowest BCUT2D eigenvalue weighted by Gasteiger charge is -2.34. The minimum atomic E-state index is -0.213. The molecule has 0 spiro atoms. The monoisotopic (exact) mass is 290 g/mol. The van der Waals surface area contributed by atoms with E-state index in [1.807, 2.05) is 6.07 Å². The van der Waals surface area contributed by atoms with Gasteiger partial charge in [0, 0.05) is 27.6 Å². The molecule has 1 saturated carbocycles. The Hall–Kier alpha value is -1.88. The standard InChI is InChI=1S/C16H22N2O3/c1-11(19)18(3)15-7-5-4-6-14(15)16(21)17(2)10-12-8-13(20)9-12/h4-7,12-13,20H,8-10H2,1-3H3. The fourth-order valence-electron chi connectivity index (χ4n) is 2.64. The molecule has 0 radical (unpaired) electrons. The third-order valence-electron chi connectivity index (χ3n) is 4.06. The molecule has 0 aromatic heterocycles. The molecule has 1 N–H and O–H groups in total. The van der Waals surface area contributed by atoms with Crippen LogP contribution in [0.1, 0.15) is 30.1 Å². The summed E-state index contributed by atoms with van der Waals surface area (Å²) in [6.07, 6.45) is 1.30. The van der Waals surface area contributed by atoms with E-state index in [2.05, 4.69) is 0 Å². The SMILES string of the molecule is CC(=O)N(C)c1ccccc1C(=O)N(C)CC1CC(O)C1. The van der Waals surface area contributed by atoms with Gasteiger partial charge in [-0.3, -0.25) is 9.59 Å². The normalized spacial score (nSPS) is 20.6. The number of aliphatic hydroxyl groups excluding tert-OH is 1. The molecule has 2 rings (SSSR count). The molecular weight excluding hydrogens is 268 g/mol. The van der Waals surface area contributed by atoms with Gasteiger partial charge in [-0.25, -0.2) is 0 Å². The largest absolute Gasteiger partial charge is 0.393 e. The van der Waals surface area contributed by atoms with Crippen molar-refractivity contribution in [1.82, 2.24) is 4.90 Å². The first kappa shape index (κ1) is 15.5. The second kappa shape index (κ2) is 6.26. The minimum Gasteiger partial charge on any atom is -0.393 e. The summed E-state index contributed by atoms with van der Waals surface area (Å²) in [5, 5.41) is 9.32. The molecular formula is C16H22N2O3. The van der Waals surface area contributed by atoms with Gasteiger partial charge in [0.2, 0.25) is 5.91 Å². The number of nitrogens with zero attached hydrogens (tertiary/aromatic N) is 2. The van der Waals surface area contributed by atoms with Crippen molar-refractivity contribution in [2.45, 2.75) is 25.9 Å². The van der Waals surface area contributed by atoms with E-state index in [4.69, 9.17) is 0 Å². The summed E-state index contributed by atoms with van der Waals surface area (Å²) >= 11 is 0. The van der Waals surface area contributed by atoms with Gasteiger partial charge in [0.15, 0.2) is 0 Å². The van der Waals surface area contributed by atoms with Crippen molar-refractivity contribution in [3.8, 4) is 0 Å². The number of benzene rings is 1. The van der Waals surface area contributed by atoms with Crippen LogP contribution >= 0.6 is 0 Å². The van der Waals surface area contributed by atoms with Crippen molar-refractivity contribution in [2.24, 2.45) is 5.92 Å². The molecule has 5 heteroatoms. The van der Waals surface area contributed by atoms with Crippen LogP contribution in [0.15, 0.2) is 24.3 Å². The van der Waals surface area contributed by atoms with Gasteiger partial charge in [0.1, 0.15) is 0 Å². The van der Waals surface area contributed by atoms with Crippen LogP contribution in [0.2, 0.25) is 0 Å². The molecule has 1 fully saturated rings. The lowest BCUT2D eigenvalue weighted by molar-refractivity contribution is -0.116. The van der Waals surface area contributed by atoms with Crippen LogP contribution in [0.3, 0.4) is 0 Å². The van der Waals surface area contributed by atoms with E-state index in [1.54, 1.807) is 37.2 Å². The highest BCUT2D eigenvalue weighted by Crippen LogP contribution is 2.28. The number of anilines is 1. The Labute approximate surface area is 125 Å². The summed E-state index contributed by atoms with van der Waals surface area (Å²) in [7, 11) is 3.42. The summed E-state index contributed by atoms with van der Waals surface area (Å²) in [6.45, 7) is 2.11. The maximum absolute atomic E-state index is 12.6. The molecule has 21 heavy (non-hydrogen) atoms. The molecule has 5 nitrogen and oxygen atoms in total. The number of carbonyl (C=O) groups is 2. The molecule has 0 unspecified atom stereocenters. The van der Waals surface area contributed by atoms with Crippen LogP contribution in [0, 0.1) is 5.92 Å². The molecule has 1 aliphatic carbocycles. The van der Waals surface area contributed by atoms with Gasteiger partial charge < -0.3 is 14.9 Å². The van der Waals surface area contributed by atoms with Gasteiger partial charge >= 0.3 is 0 Å². The van der Waals surface area contributed by atoms with E-state index in [-0.39, 0.29) is 17.9 Å². The molecule has 0 bridgehead atoms. The van der Waals surface area contributed by atoms with Gasteiger partial charge in [-0.2, -0.15) is 0 Å². The number of amides is 2. The van der Waals surface area contributed by atoms with E-state index < -0.39 is 0 Å². The van der Waals surface area contributed by atoms with Gasteiger partial charge in [0.25, 0.3) is 5.91 Å². The molecule has 1 aliphatic rings. The van der Waals surface area contributed by atoms with E-state index in [9.17, 15) is 14.7 Å². The number of para-hydroxylation sites is 1. The zero-order chi connectivity index (χ0) is 15.6. The molecule has 0 heterocycles. The van der Waals surface area contributed by atoms with Crippen LogP contribution in [-0.4, -0.2) is 48.6 Å². The number of hydrogen-bond donors (Lipinski definition) is 1. The van der Waals surface area contributed by atoms with Crippen LogP contribution in [0.5, 0.6) is 0 Å². The minimum absolute atomic E-state index is 0.0971. The zero-order valence-electron chi connectivity index (χ0n) is 12.7. The Kier molecular flexibility index (Phi) is 4.63. The molecule has 0 atom stereocenters. The van der Waals surface area contributed by atoms with Gasteiger partial charge in [-0.1, -0.05) is 12.1 Å². The quantitative estimate of drug-likeness (QED) is 0.914. The van der Waals surface area contributed by atoms with Crippen molar-refractivity contribution in [3.05, 3.63) is 29.8 Å². The summed E-state index contributed by atoms with van der Waals surface area (Å²) in [6, 6.07) is 7.12. The van der Waals surface area contributed by atoms with Crippen molar-refractivity contribution < 1.29 is 14.7 Å². The zero-order valence-corrected chi connectivity index (χ0v) is 12.7. The molecule has 0 aliphatic heterocycles. The molecule has 2 amide bonds.